The molecule has 3 rings (SSSR count). The maximum atomic E-state index is 13.0. The van der Waals surface area contributed by atoms with Crippen molar-refractivity contribution in [3.8, 4) is 6.07 Å². The second kappa shape index (κ2) is 9.66. The highest BCUT2D eigenvalue weighted by Crippen LogP contribution is 2.47. The second-order valence-corrected chi connectivity index (χ2v) is 8.24. The Morgan fingerprint density at radius 1 is 1.00 bits per heavy atom. The zero-order valence-corrected chi connectivity index (χ0v) is 17.5. The largest absolute Gasteiger partial charge is 0.416 e. The highest BCUT2D eigenvalue weighted by atomic mass is 19.4. The summed E-state index contributed by atoms with van der Waals surface area (Å²) in [6, 6.07) is 18.1. The van der Waals surface area contributed by atoms with Crippen LogP contribution in [0.25, 0.3) is 0 Å². The molecule has 160 valence electrons. The van der Waals surface area contributed by atoms with E-state index in [0.717, 1.165) is 63.0 Å². The Kier molecular flexibility index (Phi) is 7.20. The molecular formula is C25H29F3N2. The molecule has 0 N–H and O–H groups in total. The van der Waals surface area contributed by atoms with Crippen LogP contribution >= 0.6 is 0 Å². The van der Waals surface area contributed by atoms with Gasteiger partial charge in [-0.15, -0.1) is 0 Å². The molecule has 1 aliphatic carbocycles. The third-order valence-electron chi connectivity index (χ3n) is 6.47. The van der Waals surface area contributed by atoms with Crippen molar-refractivity contribution in [1.29, 1.82) is 5.26 Å². The van der Waals surface area contributed by atoms with Crippen LogP contribution in [0.4, 0.5) is 13.2 Å². The summed E-state index contributed by atoms with van der Waals surface area (Å²) < 4.78 is 38.9. The first kappa shape index (κ1) is 22.4. The zero-order valence-electron chi connectivity index (χ0n) is 17.5. The molecule has 0 amide bonds. The first-order chi connectivity index (χ1) is 14.4. The van der Waals surface area contributed by atoms with Gasteiger partial charge in [-0.05, 0) is 68.0 Å². The highest BCUT2D eigenvalue weighted by Gasteiger charge is 2.43. The minimum Gasteiger partial charge on any atom is -0.299 e. The van der Waals surface area contributed by atoms with Gasteiger partial charge in [0, 0.05) is 6.54 Å². The van der Waals surface area contributed by atoms with E-state index >= 15 is 0 Å². The summed E-state index contributed by atoms with van der Waals surface area (Å²) in [7, 11) is 0. The maximum absolute atomic E-state index is 13.0. The Morgan fingerprint density at radius 2 is 1.63 bits per heavy atom. The van der Waals surface area contributed by atoms with Crippen molar-refractivity contribution in [2.24, 2.45) is 5.92 Å². The van der Waals surface area contributed by atoms with Crippen LogP contribution in [0.1, 0.15) is 55.7 Å². The van der Waals surface area contributed by atoms with Gasteiger partial charge < -0.3 is 0 Å². The van der Waals surface area contributed by atoms with Gasteiger partial charge >= 0.3 is 6.18 Å². The molecule has 0 spiro atoms. The average molecular weight is 415 g/mol. The summed E-state index contributed by atoms with van der Waals surface area (Å²) >= 11 is 0. The molecule has 1 atom stereocenters. The Hall–Kier alpha value is -2.32. The third-order valence-corrected chi connectivity index (χ3v) is 6.47. The van der Waals surface area contributed by atoms with Crippen molar-refractivity contribution in [3.63, 3.8) is 0 Å². The normalized spacial score (nSPS) is 16.7. The minimum atomic E-state index is -4.36. The number of rotatable bonds is 9. The number of hydrogen-bond donors (Lipinski definition) is 0. The van der Waals surface area contributed by atoms with Crippen molar-refractivity contribution < 1.29 is 13.2 Å². The number of nitriles is 1. The minimum absolute atomic E-state index is 0.225. The van der Waals surface area contributed by atoms with E-state index in [4.69, 9.17) is 0 Å². The lowest BCUT2D eigenvalue weighted by Gasteiger charge is -2.41. The van der Waals surface area contributed by atoms with Crippen LogP contribution in [0.15, 0.2) is 54.6 Å². The first-order valence-electron chi connectivity index (χ1n) is 10.7. The van der Waals surface area contributed by atoms with Crippen LogP contribution < -0.4 is 0 Å². The van der Waals surface area contributed by atoms with Crippen LogP contribution in [-0.2, 0) is 18.1 Å². The van der Waals surface area contributed by atoms with Gasteiger partial charge in [-0.2, -0.15) is 18.4 Å². The van der Waals surface area contributed by atoms with Crippen LogP contribution in [0.3, 0.4) is 0 Å². The smallest absolute Gasteiger partial charge is 0.299 e. The molecule has 0 aromatic heterocycles. The van der Waals surface area contributed by atoms with Gasteiger partial charge in [0.05, 0.1) is 17.0 Å². The quantitative estimate of drug-likeness (QED) is 0.464. The SMILES string of the molecule is CCN(CCCC(C#N)(c1ccc(C(F)(F)F)cc1)C1CCC1)Cc1ccccc1. The monoisotopic (exact) mass is 414 g/mol. The molecule has 5 heteroatoms. The topological polar surface area (TPSA) is 27.0 Å². The summed E-state index contributed by atoms with van der Waals surface area (Å²) in [5.41, 5.74) is 0.627. The van der Waals surface area contributed by atoms with Crippen LogP contribution in [0, 0.1) is 17.2 Å². The molecule has 2 nitrogen and oxygen atoms in total. The van der Waals surface area contributed by atoms with Crippen LogP contribution in [-0.4, -0.2) is 18.0 Å². The molecule has 30 heavy (non-hydrogen) atoms. The molecule has 0 heterocycles. The lowest BCUT2D eigenvalue weighted by molar-refractivity contribution is -0.137. The molecule has 2 aromatic carbocycles. The molecule has 1 saturated carbocycles. The molecular weight excluding hydrogens is 385 g/mol. The van der Waals surface area contributed by atoms with Gasteiger partial charge in [-0.3, -0.25) is 4.90 Å². The number of alkyl halides is 3. The van der Waals surface area contributed by atoms with Gasteiger partial charge in [0.15, 0.2) is 0 Å². The van der Waals surface area contributed by atoms with Crippen molar-refractivity contribution in [3.05, 3.63) is 71.3 Å². The maximum Gasteiger partial charge on any atom is 0.416 e. The lowest BCUT2D eigenvalue weighted by atomic mass is 9.60. The molecule has 1 aliphatic rings. The van der Waals surface area contributed by atoms with Crippen LogP contribution in [0.2, 0.25) is 0 Å². The molecule has 1 unspecified atom stereocenters. The summed E-state index contributed by atoms with van der Waals surface area (Å²) in [5.74, 6) is 0.225. The molecule has 2 aromatic rings. The van der Waals surface area contributed by atoms with E-state index in [-0.39, 0.29) is 5.92 Å². The van der Waals surface area contributed by atoms with E-state index < -0.39 is 17.2 Å². The molecule has 0 radical (unpaired) electrons. The lowest BCUT2D eigenvalue weighted by Crippen LogP contribution is -2.39. The van der Waals surface area contributed by atoms with E-state index in [9.17, 15) is 18.4 Å². The second-order valence-electron chi connectivity index (χ2n) is 8.24. The number of nitrogens with zero attached hydrogens (tertiary/aromatic N) is 2. The first-order valence-corrected chi connectivity index (χ1v) is 10.7. The molecule has 1 fully saturated rings. The fourth-order valence-corrected chi connectivity index (χ4v) is 4.43. The predicted octanol–water partition coefficient (Wildman–Crippen LogP) is 6.57. The zero-order chi connectivity index (χ0) is 21.6. The van der Waals surface area contributed by atoms with Gasteiger partial charge in [0.2, 0.25) is 0 Å². The summed E-state index contributed by atoms with van der Waals surface area (Å²) in [6.07, 6.45) is 0.177. The van der Waals surface area contributed by atoms with Gasteiger partial charge in [0.1, 0.15) is 0 Å². The van der Waals surface area contributed by atoms with Crippen molar-refractivity contribution in [1.82, 2.24) is 4.90 Å². The molecule has 0 bridgehead atoms. The number of halogens is 3. The summed E-state index contributed by atoms with van der Waals surface area (Å²) in [4.78, 5) is 2.35. The van der Waals surface area contributed by atoms with Crippen molar-refractivity contribution in [2.45, 2.75) is 57.2 Å². The number of benzene rings is 2. The Balaban J connectivity index is 1.72. The van der Waals surface area contributed by atoms with Gasteiger partial charge in [0.25, 0.3) is 0 Å². The van der Waals surface area contributed by atoms with Gasteiger partial charge in [-0.25, -0.2) is 0 Å². The fraction of sp³-hybridized carbons (Fsp3) is 0.480. The average Bonchev–Trinajstić information content (AvgIpc) is 2.71. The predicted molar refractivity (Wildman–Crippen MR) is 113 cm³/mol. The van der Waals surface area contributed by atoms with E-state index in [1.165, 1.54) is 17.7 Å². The highest BCUT2D eigenvalue weighted by molar-refractivity contribution is 5.37. The Morgan fingerprint density at radius 3 is 2.13 bits per heavy atom. The van der Waals surface area contributed by atoms with E-state index in [1.54, 1.807) is 0 Å². The Labute approximate surface area is 177 Å². The molecule has 0 saturated heterocycles. The summed E-state index contributed by atoms with van der Waals surface area (Å²) in [5, 5.41) is 10.2. The van der Waals surface area contributed by atoms with Crippen molar-refractivity contribution >= 4 is 0 Å². The standard InChI is InChI=1S/C25H29F3N2/c1-2-30(18-20-8-4-3-5-9-20)17-7-16-24(19-29,21-10-6-11-21)22-12-14-23(15-13-22)25(26,27)28/h3-5,8-9,12-15,21H,2,6-7,10-11,16-18H2,1H3. The van der Waals surface area contributed by atoms with Crippen LogP contribution in [0.5, 0.6) is 0 Å². The van der Waals surface area contributed by atoms with E-state index in [2.05, 4.69) is 30.0 Å². The molecule has 0 aliphatic heterocycles. The van der Waals surface area contributed by atoms with E-state index in [0.29, 0.717) is 6.42 Å². The fourth-order valence-electron chi connectivity index (χ4n) is 4.43. The summed E-state index contributed by atoms with van der Waals surface area (Å²) in [6.45, 7) is 4.77. The number of hydrogen-bond acceptors (Lipinski definition) is 2. The Bertz CT molecular complexity index is 835. The van der Waals surface area contributed by atoms with Crippen molar-refractivity contribution in [2.75, 3.05) is 13.1 Å². The van der Waals surface area contributed by atoms with E-state index in [1.807, 2.05) is 18.2 Å². The third kappa shape index (κ3) is 5.05. The van der Waals surface area contributed by atoms with Gasteiger partial charge in [-0.1, -0.05) is 55.8 Å².